The van der Waals surface area contributed by atoms with Gasteiger partial charge in [-0.1, -0.05) is 72.8 Å². The Morgan fingerprint density at radius 3 is 0.848 bits per heavy atom. The quantitative estimate of drug-likeness (QED) is 0.140. The summed E-state index contributed by atoms with van der Waals surface area (Å²) in [4.78, 5) is 0. The Balaban J connectivity index is 0.000000577. The third-order valence-electron chi connectivity index (χ3n) is 6.70. The number of hydrogen-bond donors (Lipinski definition) is 0. The molecule has 0 saturated heterocycles. The topological polar surface area (TPSA) is 9.86 Å². The summed E-state index contributed by atoms with van der Waals surface area (Å²) >= 11 is 0. The third-order valence-corrected chi connectivity index (χ3v) is 12.1. The van der Waals surface area contributed by atoms with Crippen LogP contribution in [0.2, 0.25) is 0 Å². The van der Waals surface area contributed by atoms with Gasteiger partial charge in [0.05, 0.1) is 11.4 Å². The summed E-state index contributed by atoms with van der Waals surface area (Å²) in [7, 11) is -2.13. The molecule has 0 aliphatic rings. The molecule has 241 valence electrons. The Labute approximate surface area is 293 Å². The molecule has 0 atom stereocenters. The van der Waals surface area contributed by atoms with E-state index in [1.807, 2.05) is 0 Å². The fourth-order valence-electron chi connectivity index (χ4n) is 5.02. The van der Waals surface area contributed by atoms with Crippen molar-refractivity contribution in [2.75, 3.05) is 40.0 Å². The van der Waals surface area contributed by atoms with Crippen molar-refractivity contribution in [1.82, 2.24) is 8.68 Å². The van der Waals surface area contributed by atoms with E-state index in [0.29, 0.717) is 0 Å². The molecular weight excluding hydrogens is 679 g/mol. The summed E-state index contributed by atoms with van der Waals surface area (Å²) in [5.74, 6) is 0. The minimum Gasteiger partial charge on any atom is -0.222 e. The maximum Gasteiger partial charge on any atom is 0.162 e. The largest absolute Gasteiger partial charge is 0.222 e. The van der Waals surface area contributed by atoms with Gasteiger partial charge in [0.15, 0.2) is 16.1 Å². The number of aromatic nitrogens is 2. The molecule has 2 aromatic heterocycles. The monoisotopic (exact) mass is 729 g/mol. The van der Waals surface area contributed by atoms with Gasteiger partial charge < -0.3 is 0 Å². The van der Waals surface area contributed by atoms with Crippen molar-refractivity contribution in [3.63, 3.8) is 0 Å². The van der Waals surface area contributed by atoms with Crippen molar-refractivity contribution in [1.29, 1.82) is 0 Å². The van der Waals surface area contributed by atoms with Crippen LogP contribution in [0.15, 0.2) is 158 Å². The molecule has 6 rings (SSSR count). The van der Waals surface area contributed by atoms with Crippen LogP contribution < -0.4 is 21.2 Å². The Morgan fingerprint density at radius 1 is 0.370 bits per heavy atom. The van der Waals surface area contributed by atoms with Crippen LogP contribution in [0.1, 0.15) is 11.4 Å². The van der Waals surface area contributed by atoms with Gasteiger partial charge >= 0.3 is 0 Å². The normalized spacial score (nSPS) is 10.7. The van der Waals surface area contributed by atoms with Gasteiger partial charge in [0.2, 0.25) is 0 Å². The first-order valence-electron chi connectivity index (χ1n) is 15.7. The van der Waals surface area contributed by atoms with Gasteiger partial charge in [0.1, 0.15) is 21.2 Å². The zero-order valence-electron chi connectivity index (χ0n) is 27.9. The molecule has 2 nitrogen and oxygen atoms in total. The van der Waals surface area contributed by atoms with Crippen molar-refractivity contribution < 1.29 is 16.8 Å². The smallest absolute Gasteiger partial charge is 0.162 e. The summed E-state index contributed by atoms with van der Waals surface area (Å²) in [5, 5.41) is 5.57. The number of nitrogens with zero attached hydrogens (tertiary/aromatic N) is 2. The van der Waals surface area contributed by atoms with Crippen LogP contribution in [0.25, 0.3) is 0 Å². The summed E-state index contributed by atoms with van der Waals surface area (Å²) in [6, 6.07) is 52.9. The van der Waals surface area contributed by atoms with Gasteiger partial charge in [0, 0.05) is 75.6 Å². The van der Waals surface area contributed by atoms with Crippen LogP contribution in [-0.2, 0) is 23.2 Å². The predicted molar refractivity (Wildman–Crippen MR) is 216 cm³/mol. The van der Waals surface area contributed by atoms with Gasteiger partial charge in [-0.05, 0) is 88.6 Å². The standard InChI is InChI=1S/C33H28N2P2.2C3H9P.Co/c1-5-17-30(18-6-1)36(31-19-7-2-8-20-31)34-25-13-15-28(34)27-29-16-14-26-35(29)37(32-21-9-3-10-22-32)33-23-11-4-12-24-33;2*1-4(2)3;/h1-26H,27H2;2*1-3H3;/p+4. The van der Waals surface area contributed by atoms with E-state index in [1.54, 1.807) is 0 Å². The molecule has 0 aliphatic heterocycles. The maximum absolute atomic E-state index is 2.55. The van der Waals surface area contributed by atoms with E-state index in [-0.39, 0.29) is 32.6 Å². The average molecular weight is 730 g/mol. The van der Waals surface area contributed by atoms with Crippen molar-refractivity contribution in [2.45, 2.75) is 6.42 Å². The molecule has 4 aromatic carbocycles. The first-order valence-corrected chi connectivity index (χ1v) is 24.6. The molecule has 0 N–H and O–H groups in total. The first kappa shape index (κ1) is 38.1. The van der Waals surface area contributed by atoms with Crippen LogP contribution in [0.4, 0.5) is 0 Å². The van der Waals surface area contributed by atoms with Crippen molar-refractivity contribution >= 4 is 53.2 Å². The molecule has 1 radical (unpaired) electrons. The van der Waals surface area contributed by atoms with E-state index >= 15 is 0 Å². The van der Waals surface area contributed by atoms with Crippen LogP contribution in [0.3, 0.4) is 0 Å². The zero-order chi connectivity index (χ0) is 32.0. The minimum atomic E-state index is -1.19. The van der Waals surface area contributed by atoms with Gasteiger partial charge in [-0.25, -0.2) is 8.68 Å². The van der Waals surface area contributed by atoms with Gasteiger partial charge in [0.25, 0.3) is 0 Å². The van der Waals surface area contributed by atoms with Crippen LogP contribution >= 0.6 is 32.0 Å². The number of rotatable bonds is 8. The molecule has 0 unspecified atom stereocenters. The molecule has 0 aliphatic carbocycles. The first-order chi connectivity index (χ1) is 21.8. The third kappa shape index (κ3) is 11.4. The molecule has 0 amide bonds. The Morgan fingerprint density at radius 2 is 0.609 bits per heavy atom. The molecule has 2 heterocycles. The van der Waals surface area contributed by atoms with E-state index in [9.17, 15) is 0 Å². The Bertz CT molecular complexity index is 1440. The van der Waals surface area contributed by atoms with Gasteiger partial charge in [-0.15, -0.1) is 0 Å². The van der Waals surface area contributed by atoms with Crippen molar-refractivity contribution in [3.05, 3.63) is 169 Å². The second-order valence-electron chi connectivity index (χ2n) is 12.1. The predicted octanol–water partition coefficient (Wildman–Crippen LogP) is 8.31. The fourth-order valence-corrected chi connectivity index (χ4v) is 10.2. The number of hydrogen-bond acceptors (Lipinski definition) is 0. The fraction of sp³-hybridized carbons (Fsp3) is 0.179. The molecule has 0 spiro atoms. The maximum atomic E-state index is 2.55. The molecule has 0 bridgehead atoms. The van der Waals surface area contributed by atoms with Crippen LogP contribution in [0, 0.1) is 0 Å². The second kappa shape index (κ2) is 20.1. The Kier molecular flexibility index (Phi) is 16.7. The van der Waals surface area contributed by atoms with Crippen LogP contribution in [0.5, 0.6) is 0 Å². The Hall–Kier alpha value is -2.33. The molecular formula is C39H50CoN2P4+4. The van der Waals surface area contributed by atoms with E-state index in [1.165, 1.54) is 32.6 Å². The molecule has 0 saturated carbocycles. The average Bonchev–Trinajstić information content (AvgIpc) is 3.69. The molecule has 6 aromatic rings. The molecule has 46 heavy (non-hydrogen) atoms. The summed E-state index contributed by atoms with van der Waals surface area (Å²) in [6.45, 7) is 13.6. The number of benzene rings is 4. The van der Waals surface area contributed by atoms with Gasteiger partial charge in [-0.2, -0.15) is 0 Å². The summed E-state index contributed by atoms with van der Waals surface area (Å²) in [6.07, 6.45) is 5.44. The van der Waals surface area contributed by atoms with E-state index < -0.39 is 16.1 Å². The van der Waals surface area contributed by atoms with E-state index in [0.717, 1.165) is 6.42 Å². The molecule has 7 heteroatoms. The second-order valence-corrected chi connectivity index (χ2v) is 22.7. The van der Waals surface area contributed by atoms with Crippen molar-refractivity contribution in [2.24, 2.45) is 0 Å². The van der Waals surface area contributed by atoms with Gasteiger partial charge in [-0.3, -0.25) is 0 Å². The SMILES string of the molecule is C[PH+](C)C.C[PH+](C)C.[Co].c1ccc([PH+](c2ccccc2)n2cccc2Cc2cccn2[PH+](c2ccccc2)c2ccccc2)cc1. The van der Waals surface area contributed by atoms with Crippen LogP contribution in [-0.4, -0.2) is 48.7 Å². The summed E-state index contributed by atoms with van der Waals surface area (Å²) < 4.78 is 5.09. The van der Waals surface area contributed by atoms with E-state index in [4.69, 9.17) is 0 Å². The summed E-state index contributed by atoms with van der Waals surface area (Å²) in [5.41, 5.74) is 2.70. The minimum absolute atomic E-state index is 0. The zero-order valence-corrected chi connectivity index (χ0v) is 33.0. The van der Waals surface area contributed by atoms with E-state index in [2.05, 4.69) is 207 Å². The molecule has 0 fully saturated rings. The van der Waals surface area contributed by atoms with Crippen molar-refractivity contribution in [3.8, 4) is 0 Å².